The predicted octanol–water partition coefficient (Wildman–Crippen LogP) is 2.99. The van der Waals surface area contributed by atoms with E-state index in [1.165, 1.54) is 12.1 Å². The number of amides is 1. The number of hydrogen-bond donors (Lipinski definition) is 1. The van der Waals surface area contributed by atoms with Gasteiger partial charge in [0.1, 0.15) is 5.82 Å². The van der Waals surface area contributed by atoms with Crippen LogP contribution in [0.3, 0.4) is 0 Å². The van der Waals surface area contributed by atoms with E-state index in [1.807, 2.05) is 6.92 Å². The molecule has 1 aromatic rings. The van der Waals surface area contributed by atoms with Crippen molar-refractivity contribution in [1.29, 1.82) is 0 Å². The third-order valence-corrected chi connectivity index (χ3v) is 2.32. The van der Waals surface area contributed by atoms with Crippen LogP contribution in [0.5, 0.6) is 0 Å². The number of hydrogen-bond acceptors (Lipinski definition) is 1. The molecule has 88 valence electrons. The lowest BCUT2D eigenvalue weighted by atomic mass is 10.0. The van der Waals surface area contributed by atoms with E-state index in [1.54, 1.807) is 12.1 Å². The molecule has 1 rings (SSSR count). The van der Waals surface area contributed by atoms with Gasteiger partial charge in [-0.2, -0.15) is 0 Å². The molecule has 0 saturated carbocycles. The van der Waals surface area contributed by atoms with Gasteiger partial charge in [0.05, 0.1) is 5.56 Å². The first-order valence-corrected chi connectivity index (χ1v) is 5.56. The molecule has 2 nitrogen and oxygen atoms in total. The summed E-state index contributed by atoms with van der Waals surface area (Å²) in [6.45, 7) is 6.11. The molecule has 0 unspecified atom stereocenters. The van der Waals surface area contributed by atoms with Crippen molar-refractivity contribution in [2.24, 2.45) is 5.92 Å². The van der Waals surface area contributed by atoms with E-state index in [2.05, 4.69) is 19.2 Å². The van der Waals surface area contributed by atoms with Crippen molar-refractivity contribution in [3.63, 3.8) is 0 Å². The SMILES string of the molecule is CC(C)C[C@H](C)NC(=O)c1ccccc1F. The van der Waals surface area contributed by atoms with Crippen molar-refractivity contribution in [3.8, 4) is 0 Å². The first-order valence-electron chi connectivity index (χ1n) is 5.56. The molecule has 0 aliphatic heterocycles. The van der Waals surface area contributed by atoms with E-state index in [0.717, 1.165) is 6.42 Å². The quantitative estimate of drug-likeness (QED) is 0.835. The maximum absolute atomic E-state index is 13.3. The highest BCUT2D eigenvalue weighted by atomic mass is 19.1. The van der Waals surface area contributed by atoms with Gasteiger partial charge in [-0.15, -0.1) is 0 Å². The van der Waals surface area contributed by atoms with Crippen LogP contribution in [0.2, 0.25) is 0 Å². The molecule has 1 aromatic carbocycles. The Balaban J connectivity index is 2.63. The molecule has 0 aliphatic carbocycles. The Morgan fingerprint density at radius 1 is 1.31 bits per heavy atom. The fraction of sp³-hybridized carbons (Fsp3) is 0.462. The number of carbonyl (C=O) groups excluding carboxylic acids is 1. The number of nitrogens with one attached hydrogen (secondary N) is 1. The highest BCUT2D eigenvalue weighted by molar-refractivity contribution is 5.94. The summed E-state index contributed by atoms with van der Waals surface area (Å²) in [5.41, 5.74) is 0.109. The molecule has 0 spiro atoms. The van der Waals surface area contributed by atoms with Gasteiger partial charge in [-0.1, -0.05) is 26.0 Å². The van der Waals surface area contributed by atoms with E-state index in [4.69, 9.17) is 0 Å². The smallest absolute Gasteiger partial charge is 0.254 e. The molecule has 16 heavy (non-hydrogen) atoms. The summed E-state index contributed by atoms with van der Waals surface area (Å²) in [7, 11) is 0. The van der Waals surface area contributed by atoms with Crippen molar-refractivity contribution in [2.45, 2.75) is 33.2 Å². The molecular weight excluding hydrogens is 205 g/mol. The van der Waals surface area contributed by atoms with E-state index >= 15 is 0 Å². The Morgan fingerprint density at radius 3 is 2.50 bits per heavy atom. The predicted molar refractivity (Wildman–Crippen MR) is 62.8 cm³/mol. The summed E-state index contributed by atoms with van der Waals surface area (Å²) in [6.07, 6.45) is 0.889. The Labute approximate surface area is 95.9 Å². The minimum atomic E-state index is -0.475. The summed E-state index contributed by atoms with van der Waals surface area (Å²) >= 11 is 0. The van der Waals surface area contributed by atoms with Crippen LogP contribution in [-0.4, -0.2) is 11.9 Å². The van der Waals surface area contributed by atoms with Crippen molar-refractivity contribution < 1.29 is 9.18 Å². The minimum Gasteiger partial charge on any atom is -0.349 e. The second-order valence-electron chi connectivity index (χ2n) is 4.48. The Hall–Kier alpha value is -1.38. The largest absolute Gasteiger partial charge is 0.349 e. The first-order chi connectivity index (χ1) is 7.50. The fourth-order valence-corrected chi connectivity index (χ4v) is 1.71. The van der Waals surface area contributed by atoms with Crippen molar-refractivity contribution in [2.75, 3.05) is 0 Å². The zero-order valence-electron chi connectivity index (χ0n) is 9.96. The molecule has 0 fully saturated rings. The van der Waals surface area contributed by atoms with Crippen LogP contribution in [-0.2, 0) is 0 Å². The van der Waals surface area contributed by atoms with Crippen LogP contribution >= 0.6 is 0 Å². The van der Waals surface area contributed by atoms with Gasteiger partial charge in [-0.05, 0) is 31.4 Å². The molecule has 1 amide bonds. The summed E-state index contributed by atoms with van der Waals surface area (Å²) in [5, 5.41) is 2.79. The summed E-state index contributed by atoms with van der Waals surface area (Å²) in [4.78, 5) is 11.7. The fourth-order valence-electron chi connectivity index (χ4n) is 1.71. The molecule has 1 atom stereocenters. The topological polar surface area (TPSA) is 29.1 Å². The molecule has 1 N–H and O–H groups in total. The maximum Gasteiger partial charge on any atom is 0.254 e. The highest BCUT2D eigenvalue weighted by Gasteiger charge is 2.13. The van der Waals surface area contributed by atoms with Crippen LogP contribution in [0.15, 0.2) is 24.3 Å². The van der Waals surface area contributed by atoms with Gasteiger partial charge in [0.25, 0.3) is 5.91 Å². The third-order valence-electron chi connectivity index (χ3n) is 2.32. The Bertz CT molecular complexity index is 363. The van der Waals surface area contributed by atoms with Gasteiger partial charge < -0.3 is 5.32 Å². The van der Waals surface area contributed by atoms with Gasteiger partial charge in [0, 0.05) is 6.04 Å². The average Bonchev–Trinajstić information content (AvgIpc) is 2.16. The van der Waals surface area contributed by atoms with Gasteiger partial charge in [0.15, 0.2) is 0 Å². The average molecular weight is 223 g/mol. The first kappa shape index (κ1) is 12.7. The minimum absolute atomic E-state index is 0.0621. The molecule has 0 saturated heterocycles. The lowest BCUT2D eigenvalue weighted by molar-refractivity contribution is 0.0932. The zero-order chi connectivity index (χ0) is 12.1. The van der Waals surface area contributed by atoms with Gasteiger partial charge in [-0.25, -0.2) is 4.39 Å². The molecule has 0 heterocycles. The highest BCUT2D eigenvalue weighted by Crippen LogP contribution is 2.08. The molecule has 3 heteroatoms. The van der Waals surface area contributed by atoms with Crippen LogP contribution < -0.4 is 5.32 Å². The van der Waals surface area contributed by atoms with E-state index in [-0.39, 0.29) is 17.5 Å². The third kappa shape index (κ3) is 3.65. The number of halogens is 1. The van der Waals surface area contributed by atoms with Gasteiger partial charge in [-0.3, -0.25) is 4.79 Å². The van der Waals surface area contributed by atoms with Crippen molar-refractivity contribution in [3.05, 3.63) is 35.6 Å². The second kappa shape index (κ2) is 5.64. The van der Waals surface area contributed by atoms with Crippen LogP contribution in [0, 0.1) is 11.7 Å². The van der Waals surface area contributed by atoms with Crippen LogP contribution in [0.25, 0.3) is 0 Å². The summed E-state index contributed by atoms with van der Waals surface area (Å²) in [5.74, 6) is -0.307. The van der Waals surface area contributed by atoms with E-state index in [9.17, 15) is 9.18 Å². The second-order valence-corrected chi connectivity index (χ2v) is 4.48. The Kier molecular flexibility index (Phi) is 4.47. The summed E-state index contributed by atoms with van der Waals surface area (Å²) in [6, 6.07) is 6.08. The zero-order valence-corrected chi connectivity index (χ0v) is 9.96. The molecular formula is C13H18FNO. The van der Waals surface area contributed by atoms with Crippen molar-refractivity contribution >= 4 is 5.91 Å². The molecule has 0 aliphatic rings. The van der Waals surface area contributed by atoms with Crippen LogP contribution in [0.4, 0.5) is 4.39 Å². The Morgan fingerprint density at radius 2 is 1.94 bits per heavy atom. The van der Waals surface area contributed by atoms with E-state index in [0.29, 0.717) is 5.92 Å². The monoisotopic (exact) mass is 223 g/mol. The standard InChI is InChI=1S/C13H18FNO/c1-9(2)8-10(3)15-13(16)11-6-4-5-7-12(11)14/h4-7,9-10H,8H2,1-3H3,(H,15,16)/t10-/m0/s1. The van der Waals surface area contributed by atoms with Crippen LogP contribution in [0.1, 0.15) is 37.6 Å². The van der Waals surface area contributed by atoms with Gasteiger partial charge >= 0.3 is 0 Å². The van der Waals surface area contributed by atoms with Crippen molar-refractivity contribution in [1.82, 2.24) is 5.32 Å². The lowest BCUT2D eigenvalue weighted by Crippen LogP contribution is -2.33. The number of carbonyl (C=O) groups is 1. The lowest BCUT2D eigenvalue weighted by Gasteiger charge is -2.16. The summed E-state index contributed by atoms with van der Waals surface area (Å²) < 4.78 is 13.3. The van der Waals surface area contributed by atoms with Gasteiger partial charge in [0.2, 0.25) is 0 Å². The molecule has 0 radical (unpaired) electrons. The number of benzene rings is 1. The normalized spacial score (nSPS) is 12.6. The van der Waals surface area contributed by atoms with E-state index < -0.39 is 5.82 Å². The number of rotatable bonds is 4. The molecule has 0 bridgehead atoms. The molecule has 0 aromatic heterocycles. The maximum atomic E-state index is 13.3.